The highest BCUT2D eigenvalue weighted by Crippen LogP contribution is 2.18. The van der Waals surface area contributed by atoms with Crippen LogP contribution in [0.5, 0.6) is 0 Å². The van der Waals surface area contributed by atoms with Crippen LogP contribution in [0.1, 0.15) is 13.8 Å². The molecule has 0 heterocycles. The predicted molar refractivity (Wildman–Crippen MR) is 71.8 cm³/mol. The lowest BCUT2D eigenvalue weighted by Crippen LogP contribution is -2.21. The number of aliphatic hydroxyl groups excluding tert-OH is 1. The van der Waals surface area contributed by atoms with Gasteiger partial charge >= 0.3 is 0 Å². The van der Waals surface area contributed by atoms with Gasteiger partial charge < -0.3 is 5.11 Å². The van der Waals surface area contributed by atoms with Crippen LogP contribution in [0.15, 0.2) is 24.8 Å². The fraction of sp³-hybridized carbons (Fsp3) is 0.692. The first-order valence-electron chi connectivity index (χ1n) is 5.75. The van der Waals surface area contributed by atoms with Gasteiger partial charge in [0.05, 0.1) is 6.10 Å². The summed E-state index contributed by atoms with van der Waals surface area (Å²) in [5.41, 5.74) is 0. The van der Waals surface area contributed by atoms with E-state index >= 15 is 0 Å². The molecule has 0 aromatic carbocycles. The first-order valence-corrected chi connectivity index (χ1v) is 9.46. The van der Waals surface area contributed by atoms with Crippen LogP contribution in [-0.2, 0) is 0 Å². The molecule has 88 valence electrons. The summed E-state index contributed by atoms with van der Waals surface area (Å²) in [6.45, 7) is 14.9. The Bertz CT molecular complexity index is 215. The summed E-state index contributed by atoms with van der Waals surface area (Å²) in [4.78, 5) is 0. The Labute approximate surface area is 95.9 Å². The fourth-order valence-electron chi connectivity index (χ4n) is 1.34. The molecule has 0 aliphatic heterocycles. The Morgan fingerprint density at radius 2 is 1.80 bits per heavy atom. The van der Waals surface area contributed by atoms with Crippen LogP contribution in [0.2, 0.25) is 25.7 Å². The molecule has 3 atom stereocenters. The minimum atomic E-state index is -0.964. The van der Waals surface area contributed by atoms with Crippen molar-refractivity contribution in [1.29, 1.82) is 0 Å². The SMILES string of the molecule is C=CC(O)[C@@H](C)[C@H](C)/C=C/C[Si](C)(C)C. The number of rotatable bonds is 6. The quantitative estimate of drug-likeness (QED) is 0.541. The van der Waals surface area contributed by atoms with Crippen molar-refractivity contribution in [2.75, 3.05) is 0 Å². The maximum atomic E-state index is 9.61. The van der Waals surface area contributed by atoms with Gasteiger partial charge in [-0.05, 0) is 17.9 Å². The molecule has 1 N–H and O–H groups in total. The van der Waals surface area contributed by atoms with Crippen molar-refractivity contribution in [2.24, 2.45) is 11.8 Å². The minimum absolute atomic E-state index is 0.250. The Hall–Kier alpha value is -0.343. The Balaban J connectivity index is 4.12. The van der Waals surface area contributed by atoms with E-state index in [0.29, 0.717) is 5.92 Å². The van der Waals surface area contributed by atoms with Crippen LogP contribution in [0.25, 0.3) is 0 Å². The number of hydrogen-bond acceptors (Lipinski definition) is 1. The molecule has 0 rings (SSSR count). The summed E-state index contributed by atoms with van der Waals surface area (Å²) >= 11 is 0. The Kier molecular flexibility index (Phi) is 6.14. The van der Waals surface area contributed by atoms with Gasteiger partial charge in [0.2, 0.25) is 0 Å². The second-order valence-electron chi connectivity index (χ2n) is 5.64. The van der Waals surface area contributed by atoms with Crippen LogP contribution in [-0.4, -0.2) is 19.3 Å². The van der Waals surface area contributed by atoms with Crippen LogP contribution >= 0.6 is 0 Å². The van der Waals surface area contributed by atoms with Crippen molar-refractivity contribution in [3.63, 3.8) is 0 Å². The van der Waals surface area contributed by atoms with Gasteiger partial charge in [-0.15, -0.1) is 6.58 Å². The molecule has 0 amide bonds. The third-order valence-corrected chi connectivity index (χ3v) is 4.24. The minimum Gasteiger partial charge on any atom is -0.389 e. The maximum absolute atomic E-state index is 9.61. The molecule has 0 aliphatic carbocycles. The van der Waals surface area contributed by atoms with E-state index in [0.717, 1.165) is 0 Å². The van der Waals surface area contributed by atoms with Gasteiger partial charge in [-0.25, -0.2) is 0 Å². The molecule has 0 bridgehead atoms. The van der Waals surface area contributed by atoms with Crippen LogP contribution < -0.4 is 0 Å². The lowest BCUT2D eigenvalue weighted by molar-refractivity contribution is 0.142. The number of hydrogen-bond donors (Lipinski definition) is 1. The van der Waals surface area contributed by atoms with Crippen molar-refractivity contribution in [3.8, 4) is 0 Å². The van der Waals surface area contributed by atoms with Crippen molar-refractivity contribution in [2.45, 2.75) is 45.6 Å². The topological polar surface area (TPSA) is 20.2 Å². The molecule has 15 heavy (non-hydrogen) atoms. The largest absolute Gasteiger partial charge is 0.389 e. The zero-order chi connectivity index (χ0) is 12.1. The van der Waals surface area contributed by atoms with E-state index in [1.807, 2.05) is 0 Å². The standard InChI is InChI=1S/C13H26OSi/c1-7-13(14)12(3)11(2)9-8-10-15(4,5)6/h7-9,11-14H,1,10H2,2-6H3/b9-8+/t11-,12+,13?/m1/s1. The molecule has 0 aromatic rings. The lowest BCUT2D eigenvalue weighted by Gasteiger charge is -2.20. The van der Waals surface area contributed by atoms with Crippen LogP contribution in [0.4, 0.5) is 0 Å². The summed E-state index contributed by atoms with van der Waals surface area (Å²) in [6.07, 6.45) is 5.74. The molecule has 0 fully saturated rings. The third-order valence-electron chi connectivity index (χ3n) is 2.78. The van der Waals surface area contributed by atoms with Gasteiger partial charge in [-0.3, -0.25) is 0 Å². The van der Waals surface area contributed by atoms with Crippen molar-refractivity contribution in [1.82, 2.24) is 0 Å². The smallest absolute Gasteiger partial charge is 0.0749 e. The second kappa shape index (κ2) is 6.29. The van der Waals surface area contributed by atoms with E-state index in [2.05, 4.69) is 52.2 Å². The van der Waals surface area contributed by atoms with Gasteiger partial charge in [-0.1, -0.05) is 51.7 Å². The molecule has 2 heteroatoms. The molecule has 0 saturated carbocycles. The van der Waals surface area contributed by atoms with Crippen LogP contribution in [0.3, 0.4) is 0 Å². The molecular weight excluding hydrogens is 200 g/mol. The van der Waals surface area contributed by atoms with Crippen LogP contribution in [0, 0.1) is 11.8 Å². The van der Waals surface area contributed by atoms with Crippen molar-refractivity contribution < 1.29 is 5.11 Å². The third kappa shape index (κ3) is 6.69. The van der Waals surface area contributed by atoms with Gasteiger partial charge in [0.15, 0.2) is 0 Å². The first kappa shape index (κ1) is 14.7. The van der Waals surface area contributed by atoms with Gasteiger partial charge in [0, 0.05) is 8.07 Å². The van der Waals surface area contributed by atoms with Gasteiger partial charge in [-0.2, -0.15) is 0 Å². The Morgan fingerprint density at radius 3 is 2.20 bits per heavy atom. The molecular formula is C13H26OSi. The molecule has 0 radical (unpaired) electrons. The summed E-state index contributed by atoms with van der Waals surface area (Å²) in [7, 11) is -0.964. The number of allylic oxidation sites excluding steroid dienone is 2. The molecule has 1 unspecified atom stereocenters. The number of aliphatic hydroxyl groups is 1. The van der Waals surface area contributed by atoms with E-state index in [9.17, 15) is 5.11 Å². The highest BCUT2D eigenvalue weighted by molar-refractivity contribution is 6.76. The fourth-order valence-corrected chi connectivity index (χ4v) is 2.18. The molecule has 0 spiro atoms. The Morgan fingerprint density at radius 1 is 1.27 bits per heavy atom. The van der Waals surface area contributed by atoms with Crippen molar-refractivity contribution in [3.05, 3.63) is 24.8 Å². The van der Waals surface area contributed by atoms with Crippen molar-refractivity contribution >= 4 is 8.07 Å². The van der Waals surface area contributed by atoms with Gasteiger partial charge in [0.25, 0.3) is 0 Å². The van der Waals surface area contributed by atoms with E-state index in [1.165, 1.54) is 6.04 Å². The van der Waals surface area contributed by atoms with E-state index < -0.39 is 14.2 Å². The van der Waals surface area contributed by atoms with E-state index in [4.69, 9.17) is 0 Å². The highest BCUT2D eigenvalue weighted by Gasteiger charge is 2.16. The zero-order valence-electron chi connectivity index (χ0n) is 10.8. The normalized spacial score (nSPS) is 18.8. The average molecular weight is 226 g/mol. The monoisotopic (exact) mass is 226 g/mol. The predicted octanol–water partition coefficient (Wildman–Crippen LogP) is 3.70. The summed E-state index contributed by atoms with van der Waals surface area (Å²) in [6, 6.07) is 1.22. The summed E-state index contributed by atoms with van der Waals surface area (Å²) in [5, 5.41) is 9.61. The van der Waals surface area contributed by atoms with Gasteiger partial charge in [0.1, 0.15) is 0 Å². The second-order valence-corrected chi connectivity index (χ2v) is 11.2. The summed E-state index contributed by atoms with van der Waals surface area (Å²) < 4.78 is 0. The highest BCUT2D eigenvalue weighted by atomic mass is 28.3. The molecule has 0 saturated heterocycles. The summed E-state index contributed by atoms with van der Waals surface area (Å²) in [5.74, 6) is 0.662. The average Bonchev–Trinajstić information content (AvgIpc) is 2.13. The molecule has 0 aromatic heterocycles. The molecule has 1 nitrogen and oxygen atoms in total. The first-order chi connectivity index (χ1) is 6.78. The maximum Gasteiger partial charge on any atom is 0.0749 e. The van der Waals surface area contributed by atoms with E-state index in [-0.39, 0.29) is 5.92 Å². The van der Waals surface area contributed by atoms with E-state index in [1.54, 1.807) is 6.08 Å². The lowest BCUT2D eigenvalue weighted by atomic mass is 9.90. The zero-order valence-corrected chi connectivity index (χ0v) is 11.8. The molecule has 0 aliphatic rings.